The van der Waals surface area contributed by atoms with E-state index < -0.39 is 51.5 Å². The number of carbonyl (C=O) groups is 5. The summed E-state index contributed by atoms with van der Waals surface area (Å²) in [6, 6.07) is 15.4. The molecule has 1 aliphatic heterocycles. The molecule has 51 heavy (non-hydrogen) atoms. The van der Waals surface area contributed by atoms with Crippen LogP contribution in [0.1, 0.15) is 19.8 Å². The number of fused-ring (bicyclic) bond motifs is 1. The highest BCUT2D eigenvalue weighted by molar-refractivity contribution is 6.61. The third-order valence-electron chi connectivity index (χ3n) is 7.34. The number of nitro groups is 2. The van der Waals surface area contributed by atoms with Gasteiger partial charge in [0.1, 0.15) is 17.5 Å². The van der Waals surface area contributed by atoms with E-state index >= 15 is 0 Å². The van der Waals surface area contributed by atoms with Gasteiger partial charge in [-0.25, -0.2) is 14.4 Å². The fourth-order valence-electron chi connectivity index (χ4n) is 4.49. The minimum absolute atomic E-state index is 0.0214. The average molecular weight is 728 g/mol. The quantitative estimate of drug-likeness (QED) is 0.0965. The fourth-order valence-corrected chi connectivity index (χ4v) is 4.58. The third-order valence-corrected chi connectivity index (χ3v) is 7.42. The summed E-state index contributed by atoms with van der Waals surface area (Å²) in [4.78, 5) is 83.8. The lowest BCUT2D eigenvalue weighted by molar-refractivity contribution is -0.385. The molecular weight excluding hydrogens is 698 g/mol. The first-order valence-corrected chi connectivity index (χ1v) is 15.5. The molecule has 0 saturated heterocycles. The average Bonchev–Trinajstić information content (AvgIpc) is 3.94. The smallest absolute Gasteiger partial charge is 0.449 e. The molecule has 1 saturated carbocycles. The van der Waals surface area contributed by atoms with E-state index in [2.05, 4.69) is 10.1 Å². The number of nitrogens with zero attached hydrogens (tertiary/aromatic N) is 4. The van der Waals surface area contributed by atoms with E-state index in [4.69, 9.17) is 25.8 Å². The zero-order chi connectivity index (χ0) is 37.2. The molecule has 0 radical (unpaired) electrons. The van der Waals surface area contributed by atoms with Crippen LogP contribution in [-0.4, -0.2) is 71.7 Å². The van der Waals surface area contributed by atoms with Crippen LogP contribution in [-0.2, 0) is 19.1 Å². The third kappa shape index (κ3) is 10.6. The fraction of sp³-hybridized carbons (Fsp3) is 0.281. The summed E-state index contributed by atoms with van der Waals surface area (Å²) in [6.07, 6.45) is -1.23. The van der Waals surface area contributed by atoms with E-state index in [1.807, 2.05) is 0 Å². The maximum absolute atomic E-state index is 13.2. The number of para-hydroxylation sites is 2. The molecule has 0 bridgehead atoms. The summed E-state index contributed by atoms with van der Waals surface area (Å²) in [5, 5.41) is 23.5. The second kappa shape index (κ2) is 16.9. The van der Waals surface area contributed by atoms with Gasteiger partial charge in [-0.2, -0.15) is 0 Å². The molecule has 1 fully saturated rings. The van der Waals surface area contributed by atoms with E-state index in [-0.39, 0.29) is 36.0 Å². The zero-order valence-corrected chi connectivity index (χ0v) is 27.7. The predicted octanol–water partition coefficient (Wildman–Crippen LogP) is 5.35. The lowest BCUT2D eigenvalue weighted by atomic mass is 10.2. The number of hydrogen-bond donors (Lipinski definition) is 1. The Kier molecular flexibility index (Phi) is 12.4. The number of rotatable bonds is 9. The van der Waals surface area contributed by atoms with Gasteiger partial charge in [-0.05, 0) is 62.1 Å². The Morgan fingerprint density at radius 1 is 0.882 bits per heavy atom. The number of hydrogen-bond acceptors (Lipinski definition) is 13. The van der Waals surface area contributed by atoms with Crippen LogP contribution in [0.5, 0.6) is 11.5 Å². The van der Waals surface area contributed by atoms with Crippen molar-refractivity contribution in [2.45, 2.75) is 31.9 Å². The van der Waals surface area contributed by atoms with Crippen LogP contribution in [0.2, 0.25) is 0 Å². The molecule has 268 valence electrons. The molecule has 18 nitrogen and oxygen atoms in total. The van der Waals surface area contributed by atoms with Crippen LogP contribution in [0.25, 0.3) is 0 Å². The van der Waals surface area contributed by atoms with Gasteiger partial charge in [-0.1, -0.05) is 12.1 Å². The van der Waals surface area contributed by atoms with Crippen molar-refractivity contribution < 1.29 is 52.8 Å². The minimum Gasteiger partial charge on any atom is -0.449 e. The highest BCUT2D eigenvalue weighted by Crippen LogP contribution is 2.33. The minimum atomic E-state index is -1.36. The van der Waals surface area contributed by atoms with Gasteiger partial charge in [0.05, 0.1) is 34.4 Å². The largest absolute Gasteiger partial charge is 0.514 e. The van der Waals surface area contributed by atoms with Crippen LogP contribution in [0.15, 0.2) is 72.8 Å². The molecule has 1 heterocycles. The van der Waals surface area contributed by atoms with Crippen LogP contribution >= 0.6 is 11.6 Å². The van der Waals surface area contributed by atoms with Crippen molar-refractivity contribution in [3.05, 3.63) is 93.0 Å². The molecule has 3 aromatic rings. The first-order chi connectivity index (χ1) is 24.2. The summed E-state index contributed by atoms with van der Waals surface area (Å²) in [6.45, 7) is 1.36. The van der Waals surface area contributed by atoms with Gasteiger partial charge >= 0.3 is 17.7 Å². The topological polar surface area (TPSA) is 227 Å². The molecule has 2 atom stereocenters. The molecule has 1 aliphatic carbocycles. The van der Waals surface area contributed by atoms with Crippen LogP contribution in [0.3, 0.4) is 0 Å². The molecule has 3 amide bonds. The number of ether oxygens (including phenoxy) is 4. The number of halogens is 1. The Bertz CT molecular complexity index is 1800. The molecule has 0 spiro atoms. The second-order valence-electron chi connectivity index (χ2n) is 11.0. The predicted molar refractivity (Wildman–Crippen MR) is 178 cm³/mol. The number of anilines is 2. The van der Waals surface area contributed by atoms with Crippen LogP contribution < -0.4 is 24.6 Å². The van der Waals surface area contributed by atoms with Gasteiger partial charge in [0.25, 0.3) is 23.2 Å². The molecule has 5 rings (SSSR count). The van der Waals surface area contributed by atoms with Crippen LogP contribution in [0, 0.1) is 26.1 Å². The molecule has 0 unspecified atom stereocenters. The molecule has 1 N–H and O–H groups in total. The van der Waals surface area contributed by atoms with Crippen LogP contribution in [0.4, 0.5) is 37.1 Å². The maximum atomic E-state index is 13.2. The Balaban J connectivity index is 0.000000378. The van der Waals surface area contributed by atoms with Crippen molar-refractivity contribution >= 4 is 63.8 Å². The molecule has 3 aromatic carbocycles. The highest BCUT2D eigenvalue weighted by atomic mass is 35.5. The lowest BCUT2D eigenvalue weighted by Crippen LogP contribution is -2.54. The number of benzene rings is 3. The van der Waals surface area contributed by atoms with Crippen molar-refractivity contribution in [1.82, 2.24) is 5.32 Å². The molecule has 0 aromatic heterocycles. The summed E-state index contributed by atoms with van der Waals surface area (Å²) in [7, 11) is 1.53. The lowest BCUT2D eigenvalue weighted by Gasteiger charge is -2.25. The summed E-state index contributed by atoms with van der Waals surface area (Å²) < 4.78 is 19.8. The van der Waals surface area contributed by atoms with E-state index in [9.17, 15) is 44.2 Å². The van der Waals surface area contributed by atoms with Crippen molar-refractivity contribution in [2.75, 3.05) is 30.0 Å². The Morgan fingerprint density at radius 3 is 1.92 bits per heavy atom. The number of amides is 3. The Morgan fingerprint density at radius 2 is 1.41 bits per heavy atom. The summed E-state index contributed by atoms with van der Waals surface area (Å²) in [5.74, 6) is -0.791. The van der Waals surface area contributed by atoms with Crippen molar-refractivity contribution in [3.8, 4) is 11.5 Å². The summed E-state index contributed by atoms with van der Waals surface area (Å²) in [5.41, 5.74) is -0.321. The van der Waals surface area contributed by atoms with Gasteiger partial charge in [0.15, 0.2) is 6.10 Å². The van der Waals surface area contributed by atoms with E-state index in [0.717, 1.165) is 25.0 Å². The van der Waals surface area contributed by atoms with Crippen molar-refractivity contribution in [3.63, 3.8) is 0 Å². The van der Waals surface area contributed by atoms with Gasteiger partial charge in [-0.3, -0.25) is 34.7 Å². The van der Waals surface area contributed by atoms with Gasteiger partial charge in [-0.15, -0.1) is 0 Å². The number of nitro benzene ring substituents is 2. The Hall–Kier alpha value is -6.30. The second-order valence-corrected chi connectivity index (χ2v) is 11.3. The monoisotopic (exact) mass is 727 g/mol. The van der Waals surface area contributed by atoms with E-state index in [0.29, 0.717) is 17.3 Å². The van der Waals surface area contributed by atoms with Gasteiger partial charge in [0, 0.05) is 42.9 Å². The first-order valence-electron chi connectivity index (χ1n) is 15.1. The number of carbonyl (C=O) groups excluding carboxylic acids is 5. The van der Waals surface area contributed by atoms with Gasteiger partial charge < -0.3 is 29.2 Å². The summed E-state index contributed by atoms with van der Waals surface area (Å²) >= 11 is 4.92. The number of non-ortho nitro benzene ring substituents is 2. The first kappa shape index (κ1) is 37.5. The number of likely N-dealkylation sites (N-methyl/N-ethyl adjacent to an activating group) is 1. The highest BCUT2D eigenvalue weighted by Gasteiger charge is 2.37. The Labute approximate surface area is 294 Å². The van der Waals surface area contributed by atoms with Crippen molar-refractivity contribution in [1.29, 1.82) is 0 Å². The molecular formula is C32H30ClN5O13. The zero-order valence-electron chi connectivity index (χ0n) is 27.0. The molecule has 19 heteroatoms. The normalized spacial score (nSPS) is 15.4. The van der Waals surface area contributed by atoms with Crippen molar-refractivity contribution in [2.24, 2.45) is 5.92 Å². The van der Waals surface area contributed by atoms with E-state index in [1.165, 1.54) is 60.2 Å². The van der Waals surface area contributed by atoms with E-state index in [1.54, 1.807) is 24.3 Å². The molecule has 2 aliphatic rings. The standard InChI is InChI=1S/C25H26N4O9.C7H4ClNO4/c1-15(37-25(33)38-18-11-9-17(10-12-18)29(34)35)22(30)26-19-13-28(24(32)36-14-16-7-8-16)21-6-4-3-5-20(21)27(2)23(19)31;8-7(10)13-6-3-1-5(2-4-6)9(11)12/h3-6,9-12,15-16,19H,7-8,13-14H2,1-2H3,(H,26,30);1-4H/t15-,19-;/m0./s1. The maximum Gasteiger partial charge on any atom is 0.514 e. The SMILES string of the molecule is C[C@H](OC(=O)Oc1ccc([N+](=O)[O-])cc1)C(=O)N[C@H]1CN(C(=O)OCC2CC2)c2ccccc2N(C)C1=O.O=C(Cl)Oc1ccc([N+](=O)[O-])cc1. The van der Waals surface area contributed by atoms with Gasteiger partial charge in [0.2, 0.25) is 0 Å². The number of nitrogens with one attached hydrogen (secondary N) is 1.